The zero-order valence-corrected chi connectivity index (χ0v) is 11.6. The van der Waals surface area contributed by atoms with E-state index in [2.05, 4.69) is 9.62 Å². The number of piperidine rings is 1. The molecule has 106 valence electrons. The van der Waals surface area contributed by atoms with Crippen molar-refractivity contribution in [1.82, 2.24) is 13.9 Å². The van der Waals surface area contributed by atoms with Crippen LogP contribution in [0, 0.1) is 0 Å². The molecular weight excluding hydrogens is 254 g/mol. The number of nitrogens with zero attached hydrogens (tertiary/aromatic N) is 2. The Morgan fingerprint density at radius 2 is 1.67 bits per heavy atom. The molecule has 0 amide bonds. The molecule has 0 spiro atoms. The van der Waals surface area contributed by atoms with Gasteiger partial charge in [0, 0.05) is 39.3 Å². The largest absolute Gasteiger partial charge is 0.379 e. The van der Waals surface area contributed by atoms with Crippen LogP contribution in [0.5, 0.6) is 0 Å². The van der Waals surface area contributed by atoms with Gasteiger partial charge in [-0.3, -0.25) is 4.90 Å². The van der Waals surface area contributed by atoms with Crippen molar-refractivity contribution in [2.75, 3.05) is 52.5 Å². The maximum atomic E-state index is 12.0. The maximum absolute atomic E-state index is 12.0. The minimum atomic E-state index is -3.26. The van der Waals surface area contributed by atoms with Crippen LogP contribution in [-0.4, -0.2) is 70.1 Å². The summed E-state index contributed by atoms with van der Waals surface area (Å²) in [6, 6.07) is 0. The molecule has 1 N–H and O–H groups in total. The van der Waals surface area contributed by atoms with E-state index in [4.69, 9.17) is 4.74 Å². The lowest BCUT2D eigenvalue weighted by molar-refractivity contribution is 0.0390. The predicted molar refractivity (Wildman–Crippen MR) is 69.6 cm³/mol. The molecule has 0 unspecified atom stereocenters. The third-order valence-electron chi connectivity index (χ3n) is 3.47. The average molecular weight is 277 g/mol. The van der Waals surface area contributed by atoms with Crippen molar-refractivity contribution in [1.29, 1.82) is 0 Å². The van der Waals surface area contributed by atoms with Crippen LogP contribution in [0.2, 0.25) is 0 Å². The van der Waals surface area contributed by atoms with Gasteiger partial charge in [-0.15, -0.1) is 0 Å². The van der Waals surface area contributed by atoms with Crippen LogP contribution >= 0.6 is 0 Å². The zero-order chi connectivity index (χ0) is 12.8. The molecule has 18 heavy (non-hydrogen) atoms. The van der Waals surface area contributed by atoms with Gasteiger partial charge in [-0.25, -0.2) is 4.72 Å². The van der Waals surface area contributed by atoms with Crippen LogP contribution in [0.1, 0.15) is 19.3 Å². The van der Waals surface area contributed by atoms with Crippen LogP contribution < -0.4 is 4.72 Å². The van der Waals surface area contributed by atoms with Crippen molar-refractivity contribution >= 4 is 10.2 Å². The van der Waals surface area contributed by atoms with Crippen molar-refractivity contribution in [3.8, 4) is 0 Å². The summed E-state index contributed by atoms with van der Waals surface area (Å²) in [5.41, 5.74) is 0. The van der Waals surface area contributed by atoms with Crippen molar-refractivity contribution in [2.24, 2.45) is 0 Å². The van der Waals surface area contributed by atoms with E-state index in [-0.39, 0.29) is 0 Å². The molecule has 6 nitrogen and oxygen atoms in total. The number of rotatable bonds is 5. The summed E-state index contributed by atoms with van der Waals surface area (Å²) in [4.78, 5) is 2.22. The van der Waals surface area contributed by atoms with Gasteiger partial charge in [-0.05, 0) is 12.8 Å². The van der Waals surface area contributed by atoms with Crippen LogP contribution in [0.3, 0.4) is 0 Å². The molecular formula is C11H23N3O3S. The Balaban J connectivity index is 1.70. The highest BCUT2D eigenvalue weighted by Crippen LogP contribution is 2.11. The second-order valence-corrected chi connectivity index (χ2v) is 6.57. The van der Waals surface area contributed by atoms with Crippen molar-refractivity contribution in [2.45, 2.75) is 19.3 Å². The molecule has 2 aliphatic heterocycles. The Hall–Kier alpha value is -0.210. The third kappa shape index (κ3) is 4.17. The fraction of sp³-hybridized carbons (Fsp3) is 1.00. The first kappa shape index (κ1) is 14.2. The summed E-state index contributed by atoms with van der Waals surface area (Å²) < 4.78 is 33.5. The number of hydrogen-bond acceptors (Lipinski definition) is 4. The second-order valence-electron chi connectivity index (χ2n) is 4.81. The van der Waals surface area contributed by atoms with Crippen LogP contribution in [0.25, 0.3) is 0 Å². The highest BCUT2D eigenvalue weighted by atomic mass is 32.2. The van der Waals surface area contributed by atoms with Gasteiger partial charge in [0.05, 0.1) is 13.2 Å². The molecule has 2 heterocycles. The zero-order valence-electron chi connectivity index (χ0n) is 10.8. The van der Waals surface area contributed by atoms with E-state index in [1.54, 1.807) is 4.31 Å². The highest BCUT2D eigenvalue weighted by Gasteiger charge is 2.23. The fourth-order valence-electron chi connectivity index (χ4n) is 2.35. The number of morpholine rings is 1. The molecule has 0 aromatic carbocycles. The molecule has 2 rings (SSSR count). The Kier molecular flexibility index (Phi) is 5.38. The minimum absolute atomic E-state index is 0.485. The van der Waals surface area contributed by atoms with Crippen molar-refractivity contribution in [3.05, 3.63) is 0 Å². The molecule has 7 heteroatoms. The predicted octanol–water partition coefficient (Wildman–Crippen LogP) is -0.361. The van der Waals surface area contributed by atoms with Gasteiger partial charge < -0.3 is 4.74 Å². The van der Waals surface area contributed by atoms with Crippen molar-refractivity contribution in [3.63, 3.8) is 0 Å². The Morgan fingerprint density at radius 3 is 2.33 bits per heavy atom. The van der Waals surface area contributed by atoms with Gasteiger partial charge in [0.1, 0.15) is 0 Å². The maximum Gasteiger partial charge on any atom is 0.279 e. The van der Waals surface area contributed by atoms with Gasteiger partial charge in [0.25, 0.3) is 10.2 Å². The first-order valence-electron chi connectivity index (χ1n) is 6.73. The van der Waals surface area contributed by atoms with Gasteiger partial charge >= 0.3 is 0 Å². The Morgan fingerprint density at radius 1 is 1.00 bits per heavy atom. The van der Waals surface area contributed by atoms with E-state index in [0.717, 1.165) is 52.1 Å². The normalized spacial score (nSPS) is 24.2. The lowest BCUT2D eigenvalue weighted by Gasteiger charge is -2.28. The topological polar surface area (TPSA) is 61.9 Å². The standard InChI is InChI=1S/C11H23N3O3S/c15-18(16,14-5-2-1-3-6-14)12-4-7-13-8-10-17-11-9-13/h12H,1-11H2. The molecule has 0 aromatic rings. The third-order valence-corrected chi connectivity index (χ3v) is 5.09. The number of hydrogen-bond donors (Lipinski definition) is 1. The summed E-state index contributed by atoms with van der Waals surface area (Å²) in [5, 5.41) is 0. The SMILES string of the molecule is O=S(=O)(NCCN1CCOCC1)N1CCCCC1. The minimum Gasteiger partial charge on any atom is -0.379 e. The monoisotopic (exact) mass is 277 g/mol. The van der Waals surface area contributed by atoms with E-state index in [9.17, 15) is 8.42 Å². The fourth-order valence-corrected chi connectivity index (χ4v) is 3.62. The number of nitrogens with one attached hydrogen (secondary N) is 1. The summed E-state index contributed by atoms with van der Waals surface area (Å²) in [6.45, 7) is 5.85. The lowest BCUT2D eigenvalue weighted by atomic mass is 10.2. The first-order chi connectivity index (χ1) is 8.68. The summed E-state index contributed by atoms with van der Waals surface area (Å²) in [5.74, 6) is 0. The summed E-state index contributed by atoms with van der Waals surface area (Å²) in [6.07, 6.45) is 3.09. The Bertz CT molecular complexity index is 335. The van der Waals surface area contributed by atoms with Crippen LogP contribution in [0.15, 0.2) is 0 Å². The van der Waals surface area contributed by atoms with Gasteiger partial charge in [-0.2, -0.15) is 12.7 Å². The molecule has 0 bridgehead atoms. The van der Waals surface area contributed by atoms with E-state index >= 15 is 0 Å². The molecule has 0 radical (unpaired) electrons. The highest BCUT2D eigenvalue weighted by molar-refractivity contribution is 7.87. The van der Waals surface area contributed by atoms with E-state index in [0.29, 0.717) is 19.6 Å². The second kappa shape index (κ2) is 6.81. The molecule has 2 fully saturated rings. The smallest absolute Gasteiger partial charge is 0.279 e. The van der Waals surface area contributed by atoms with E-state index < -0.39 is 10.2 Å². The van der Waals surface area contributed by atoms with Crippen LogP contribution in [0.4, 0.5) is 0 Å². The van der Waals surface area contributed by atoms with Crippen molar-refractivity contribution < 1.29 is 13.2 Å². The molecule has 0 atom stereocenters. The van der Waals surface area contributed by atoms with E-state index in [1.165, 1.54) is 0 Å². The van der Waals surface area contributed by atoms with Crippen LogP contribution in [-0.2, 0) is 14.9 Å². The molecule has 2 aliphatic rings. The molecule has 2 saturated heterocycles. The lowest BCUT2D eigenvalue weighted by Crippen LogP contribution is -2.46. The molecule has 0 aromatic heterocycles. The average Bonchev–Trinajstić information content (AvgIpc) is 2.41. The quantitative estimate of drug-likeness (QED) is 0.745. The first-order valence-corrected chi connectivity index (χ1v) is 8.17. The Labute approximate surface area is 109 Å². The van der Waals surface area contributed by atoms with Gasteiger partial charge in [0.2, 0.25) is 0 Å². The number of ether oxygens (including phenoxy) is 1. The summed E-state index contributed by atoms with van der Waals surface area (Å²) in [7, 11) is -3.26. The summed E-state index contributed by atoms with van der Waals surface area (Å²) >= 11 is 0. The van der Waals surface area contributed by atoms with E-state index in [1.807, 2.05) is 0 Å². The van der Waals surface area contributed by atoms with Gasteiger partial charge in [0.15, 0.2) is 0 Å². The van der Waals surface area contributed by atoms with Gasteiger partial charge in [-0.1, -0.05) is 6.42 Å². The molecule has 0 saturated carbocycles. The molecule has 0 aliphatic carbocycles.